The van der Waals surface area contributed by atoms with Crippen LogP contribution in [0.1, 0.15) is 12.0 Å². The molecule has 1 aromatic heterocycles. The van der Waals surface area contributed by atoms with Crippen molar-refractivity contribution in [2.24, 2.45) is 7.05 Å². The molecule has 9 heteroatoms. The molecule has 0 spiro atoms. The highest BCUT2D eigenvalue weighted by Gasteiger charge is 2.42. The van der Waals surface area contributed by atoms with E-state index in [0.29, 0.717) is 0 Å². The number of hydrogen-bond donors (Lipinski definition) is 2. The van der Waals surface area contributed by atoms with Crippen LogP contribution in [0.3, 0.4) is 0 Å². The zero-order valence-electron chi connectivity index (χ0n) is 8.65. The van der Waals surface area contributed by atoms with E-state index in [4.69, 9.17) is 10.2 Å². The summed E-state index contributed by atoms with van der Waals surface area (Å²) in [7, 11) is 1.28. The van der Waals surface area contributed by atoms with Gasteiger partial charge in [0.05, 0.1) is 0 Å². The SMILES string of the molecule is Cn1nc(C(O)O)cc1OCC(F)(F)C(F)F. The van der Waals surface area contributed by atoms with Gasteiger partial charge in [0, 0.05) is 13.1 Å². The first-order chi connectivity index (χ1) is 7.74. The Balaban J connectivity index is 2.70. The molecule has 0 aliphatic carbocycles. The first-order valence-corrected chi connectivity index (χ1v) is 4.43. The van der Waals surface area contributed by atoms with Crippen LogP contribution in [0.2, 0.25) is 0 Å². The van der Waals surface area contributed by atoms with Crippen LogP contribution in [0, 0.1) is 0 Å². The maximum Gasteiger partial charge on any atom is 0.340 e. The molecule has 0 aliphatic rings. The highest BCUT2D eigenvalue weighted by Crippen LogP contribution is 2.25. The molecular formula is C8H10F4N2O3. The number of alkyl halides is 4. The molecule has 0 unspecified atom stereocenters. The molecule has 5 nitrogen and oxygen atoms in total. The minimum Gasteiger partial charge on any atom is -0.471 e. The molecule has 0 bridgehead atoms. The number of halogens is 4. The van der Waals surface area contributed by atoms with Crippen LogP contribution in [0.15, 0.2) is 6.07 Å². The molecule has 1 heterocycles. The van der Waals surface area contributed by atoms with Gasteiger partial charge in [0.25, 0.3) is 0 Å². The normalized spacial score (nSPS) is 12.5. The predicted octanol–water partition coefficient (Wildman–Crippen LogP) is 0.682. The number of aryl methyl sites for hydroxylation is 1. The average Bonchev–Trinajstić information content (AvgIpc) is 2.57. The summed E-state index contributed by atoms with van der Waals surface area (Å²) in [6.07, 6.45) is -5.73. The smallest absolute Gasteiger partial charge is 0.340 e. The Hall–Kier alpha value is -1.35. The lowest BCUT2D eigenvalue weighted by atomic mass is 10.4. The van der Waals surface area contributed by atoms with Crippen LogP contribution in [0.4, 0.5) is 17.6 Å². The van der Waals surface area contributed by atoms with Gasteiger partial charge in [0.15, 0.2) is 12.9 Å². The number of aliphatic hydroxyl groups excluding tert-OH is 1. The summed E-state index contributed by atoms with van der Waals surface area (Å²) >= 11 is 0. The van der Waals surface area contributed by atoms with E-state index in [-0.39, 0.29) is 11.6 Å². The summed E-state index contributed by atoms with van der Waals surface area (Å²) in [6.45, 7) is -1.52. The fraction of sp³-hybridized carbons (Fsp3) is 0.625. The van der Waals surface area contributed by atoms with E-state index in [9.17, 15) is 17.6 Å². The largest absolute Gasteiger partial charge is 0.471 e. The summed E-state index contributed by atoms with van der Waals surface area (Å²) < 4.78 is 54.1. The van der Waals surface area contributed by atoms with Crippen LogP contribution in [-0.2, 0) is 7.05 Å². The van der Waals surface area contributed by atoms with Crippen LogP contribution in [0.25, 0.3) is 0 Å². The Morgan fingerprint density at radius 1 is 1.47 bits per heavy atom. The fourth-order valence-corrected chi connectivity index (χ4v) is 0.966. The first kappa shape index (κ1) is 13.7. The van der Waals surface area contributed by atoms with Gasteiger partial charge < -0.3 is 14.9 Å². The van der Waals surface area contributed by atoms with Crippen LogP contribution >= 0.6 is 0 Å². The minimum atomic E-state index is -4.28. The Bertz CT molecular complexity index is 381. The first-order valence-electron chi connectivity index (χ1n) is 4.43. The zero-order chi connectivity index (χ0) is 13.2. The molecule has 17 heavy (non-hydrogen) atoms. The summed E-state index contributed by atoms with van der Waals surface area (Å²) in [6, 6.07) is 0.965. The number of aromatic nitrogens is 2. The number of ether oxygens (including phenoxy) is 1. The second-order valence-electron chi connectivity index (χ2n) is 3.26. The van der Waals surface area contributed by atoms with E-state index in [1.165, 1.54) is 7.05 Å². The van der Waals surface area contributed by atoms with Gasteiger partial charge in [0.1, 0.15) is 5.69 Å². The van der Waals surface area contributed by atoms with Gasteiger partial charge >= 0.3 is 12.3 Å². The van der Waals surface area contributed by atoms with Gasteiger partial charge in [0.2, 0.25) is 5.88 Å². The second kappa shape index (κ2) is 4.88. The Kier molecular flexibility index (Phi) is 3.94. The number of nitrogens with zero attached hydrogens (tertiary/aromatic N) is 2. The molecule has 0 radical (unpaired) electrons. The summed E-state index contributed by atoms with van der Waals surface area (Å²) in [5.41, 5.74) is -0.233. The van der Waals surface area contributed by atoms with E-state index in [1.807, 2.05) is 0 Å². The van der Waals surface area contributed by atoms with Crippen LogP contribution < -0.4 is 4.74 Å². The average molecular weight is 258 g/mol. The summed E-state index contributed by atoms with van der Waals surface area (Å²) in [5.74, 6) is -4.55. The maximum atomic E-state index is 12.5. The predicted molar refractivity (Wildman–Crippen MR) is 46.8 cm³/mol. The van der Waals surface area contributed by atoms with Gasteiger partial charge in [-0.25, -0.2) is 13.5 Å². The molecule has 98 valence electrons. The Morgan fingerprint density at radius 3 is 2.47 bits per heavy atom. The van der Waals surface area contributed by atoms with Gasteiger partial charge in [-0.1, -0.05) is 0 Å². The quantitative estimate of drug-likeness (QED) is 0.602. The lowest BCUT2D eigenvalue weighted by molar-refractivity contribution is -0.149. The molecule has 2 N–H and O–H groups in total. The third-order valence-corrected chi connectivity index (χ3v) is 1.85. The van der Waals surface area contributed by atoms with E-state index < -0.39 is 25.2 Å². The van der Waals surface area contributed by atoms with Crippen molar-refractivity contribution in [2.75, 3.05) is 6.61 Å². The molecule has 0 saturated carbocycles. The van der Waals surface area contributed by atoms with Gasteiger partial charge in [-0.15, -0.1) is 0 Å². The van der Waals surface area contributed by atoms with Crippen LogP contribution in [-0.4, -0.2) is 38.9 Å². The van der Waals surface area contributed by atoms with Gasteiger partial charge in [-0.3, -0.25) is 0 Å². The van der Waals surface area contributed by atoms with Crippen molar-refractivity contribution < 1.29 is 32.5 Å². The minimum absolute atomic E-state index is 0.233. The molecule has 1 rings (SSSR count). The standard InChI is InChI=1S/C8H10F4N2O3/c1-14-5(2-4(13-14)6(15)16)17-3-8(11,12)7(9)10/h2,6-7,15-16H,3H2,1H3. The molecule has 0 amide bonds. The maximum absolute atomic E-state index is 12.5. The van der Waals surface area contributed by atoms with Crippen molar-refractivity contribution in [1.82, 2.24) is 9.78 Å². The Labute approximate surface area is 93.2 Å². The molecule has 0 atom stereocenters. The van der Waals surface area contributed by atoms with E-state index >= 15 is 0 Å². The van der Waals surface area contributed by atoms with E-state index in [2.05, 4.69) is 9.84 Å². The summed E-state index contributed by atoms with van der Waals surface area (Å²) in [5, 5.41) is 21.0. The van der Waals surface area contributed by atoms with Crippen molar-refractivity contribution in [1.29, 1.82) is 0 Å². The summed E-state index contributed by atoms with van der Waals surface area (Å²) in [4.78, 5) is 0. The van der Waals surface area contributed by atoms with Crippen molar-refractivity contribution in [3.8, 4) is 5.88 Å². The van der Waals surface area contributed by atoms with Crippen molar-refractivity contribution in [3.63, 3.8) is 0 Å². The fourth-order valence-electron chi connectivity index (χ4n) is 0.966. The third-order valence-electron chi connectivity index (χ3n) is 1.85. The number of aliphatic hydroxyl groups is 2. The number of hydrogen-bond acceptors (Lipinski definition) is 4. The van der Waals surface area contributed by atoms with Crippen molar-refractivity contribution in [3.05, 3.63) is 11.8 Å². The lowest BCUT2D eigenvalue weighted by Crippen LogP contribution is -2.34. The van der Waals surface area contributed by atoms with Crippen molar-refractivity contribution >= 4 is 0 Å². The molecule has 0 fully saturated rings. The second-order valence-corrected chi connectivity index (χ2v) is 3.26. The number of rotatable bonds is 5. The highest BCUT2D eigenvalue weighted by molar-refractivity contribution is 5.16. The van der Waals surface area contributed by atoms with Crippen molar-refractivity contribution in [2.45, 2.75) is 18.6 Å². The lowest BCUT2D eigenvalue weighted by Gasteiger charge is -2.15. The molecule has 1 aromatic rings. The molecular weight excluding hydrogens is 248 g/mol. The van der Waals surface area contributed by atoms with E-state index in [0.717, 1.165) is 10.7 Å². The molecule has 0 aromatic carbocycles. The molecule has 0 saturated heterocycles. The Morgan fingerprint density at radius 2 is 2.06 bits per heavy atom. The zero-order valence-corrected chi connectivity index (χ0v) is 8.65. The molecule has 0 aliphatic heterocycles. The topological polar surface area (TPSA) is 67.5 Å². The monoisotopic (exact) mass is 258 g/mol. The van der Waals surface area contributed by atoms with Gasteiger partial charge in [-0.2, -0.15) is 13.9 Å². The van der Waals surface area contributed by atoms with Gasteiger partial charge in [-0.05, 0) is 0 Å². The third kappa shape index (κ3) is 3.30. The van der Waals surface area contributed by atoms with E-state index in [1.54, 1.807) is 0 Å². The highest BCUT2D eigenvalue weighted by atomic mass is 19.3. The van der Waals surface area contributed by atoms with Crippen LogP contribution in [0.5, 0.6) is 5.88 Å².